The van der Waals surface area contributed by atoms with Crippen molar-refractivity contribution in [3.05, 3.63) is 34.3 Å². The van der Waals surface area contributed by atoms with Crippen LogP contribution in [0.25, 0.3) is 16.3 Å². The summed E-state index contributed by atoms with van der Waals surface area (Å²) >= 11 is 7.73. The SMILES string of the molecule is Clc1cccc(-c2nnc3sc(C4CCCCC4)nn23)c1. The van der Waals surface area contributed by atoms with Crippen molar-refractivity contribution in [3.63, 3.8) is 0 Å². The van der Waals surface area contributed by atoms with Crippen LogP contribution in [-0.2, 0) is 0 Å². The van der Waals surface area contributed by atoms with Crippen LogP contribution < -0.4 is 0 Å². The highest BCUT2D eigenvalue weighted by molar-refractivity contribution is 7.16. The average molecular weight is 319 g/mol. The molecule has 108 valence electrons. The molecule has 0 atom stereocenters. The lowest BCUT2D eigenvalue weighted by atomic mass is 9.90. The zero-order valence-corrected chi connectivity index (χ0v) is 13.1. The molecule has 0 unspecified atom stereocenters. The number of hydrogen-bond acceptors (Lipinski definition) is 4. The molecule has 0 saturated heterocycles. The zero-order chi connectivity index (χ0) is 14.2. The quantitative estimate of drug-likeness (QED) is 0.696. The van der Waals surface area contributed by atoms with Gasteiger partial charge in [0.2, 0.25) is 4.96 Å². The lowest BCUT2D eigenvalue weighted by molar-refractivity contribution is 0.440. The molecule has 2 aromatic heterocycles. The van der Waals surface area contributed by atoms with Crippen LogP contribution in [0.4, 0.5) is 0 Å². The fourth-order valence-corrected chi connectivity index (χ4v) is 4.15. The van der Waals surface area contributed by atoms with Gasteiger partial charge in [-0.1, -0.05) is 54.3 Å². The van der Waals surface area contributed by atoms with E-state index in [0.29, 0.717) is 10.9 Å². The first-order valence-corrected chi connectivity index (χ1v) is 8.49. The van der Waals surface area contributed by atoms with Gasteiger partial charge in [0.25, 0.3) is 0 Å². The summed E-state index contributed by atoms with van der Waals surface area (Å²) in [4.78, 5) is 0.866. The van der Waals surface area contributed by atoms with Crippen molar-refractivity contribution in [3.8, 4) is 11.4 Å². The molecule has 1 aliphatic rings. The first-order chi connectivity index (χ1) is 10.3. The maximum absolute atomic E-state index is 6.06. The standard InChI is InChI=1S/C15H15ClN4S/c16-12-8-4-7-11(9-12)13-17-18-15-20(13)19-14(21-15)10-5-2-1-3-6-10/h4,7-10H,1-3,5-6H2. The fourth-order valence-electron chi connectivity index (χ4n) is 2.95. The summed E-state index contributed by atoms with van der Waals surface area (Å²) in [5, 5.41) is 15.2. The predicted molar refractivity (Wildman–Crippen MR) is 84.9 cm³/mol. The third-order valence-electron chi connectivity index (χ3n) is 4.04. The molecule has 0 N–H and O–H groups in total. The molecular weight excluding hydrogens is 304 g/mol. The molecule has 0 radical (unpaired) electrons. The van der Waals surface area contributed by atoms with Gasteiger partial charge < -0.3 is 0 Å². The normalized spacial score (nSPS) is 16.6. The predicted octanol–water partition coefficient (Wildman–Crippen LogP) is 4.55. The second-order valence-corrected chi connectivity index (χ2v) is 6.93. The first-order valence-electron chi connectivity index (χ1n) is 7.29. The Labute approximate surface area is 131 Å². The van der Waals surface area contributed by atoms with E-state index in [0.717, 1.165) is 16.3 Å². The van der Waals surface area contributed by atoms with Crippen LogP contribution in [0.15, 0.2) is 24.3 Å². The van der Waals surface area contributed by atoms with Gasteiger partial charge in [-0.3, -0.25) is 0 Å². The second-order valence-electron chi connectivity index (χ2n) is 5.50. The van der Waals surface area contributed by atoms with Gasteiger partial charge in [-0.25, -0.2) is 0 Å². The van der Waals surface area contributed by atoms with E-state index in [4.69, 9.17) is 16.7 Å². The second kappa shape index (κ2) is 5.39. The monoisotopic (exact) mass is 318 g/mol. The van der Waals surface area contributed by atoms with Gasteiger partial charge in [0.15, 0.2) is 5.82 Å². The maximum atomic E-state index is 6.06. The number of fused-ring (bicyclic) bond motifs is 1. The molecule has 0 aliphatic heterocycles. The van der Waals surface area contributed by atoms with E-state index in [1.165, 1.54) is 37.1 Å². The van der Waals surface area contributed by atoms with Crippen molar-refractivity contribution in [1.82, 2.24) is 19.8 Å². The fraction of sp³-hybridized carbons (Fsp3) is 0.400. The van der Waals surface area contributed by atoms with Gasteiger partial charge in [-0.15, -0.1) is 10.2 Å². The van der Waals surface area contributed by atoms with E-state index in [2.05, 4.69) is 10.2 Å². The van der Waals surface area contributed by atoms with Gasteiger partial charge in [-0.2, -0.15) is 9.61 Å². The lowest BCUT2D eigenvalue weighted by Gasteiger charge is -2.18. The third-order valence-corrected chi connectivity index (χ3v) is 5.34. The number of rotatable bonds is 2. The largest absolute Gasteiger partial charge is 0.234 e. The lowest BCUT2D eigenvalue weighted by Crippen LogP contribution is -2.04. The molecule has 0 amide bonds. The zero-order valence-electron chi connectivity index (χ0n) is 11.5. The molecule has 4 rings (SSSR count). The Morgan fingerprint density at radius 3 is 2.81 bits per heavy atom. The molecule has 2 heterocycles. The van der Waals surface area contributed by atoms with Crippen molar-refractivity contribution in [2.24, 2.45) is 0 Å². The van der Waals surface area contributed by atoms with E-state index >= 15 is 0 Å². The summed E-state index contributed by atoms with van der Waals surface area (Å²) in [5.74, 6) is 1.36. The van der Waals surface area contributed by atoms with E-state index in [9.17, 15) is 0 Å². The first kappa shape index (κ1) is 13.2. The molecule has 21 heavy (non-hydrogen) atoms. The number of hydrogen-bond donors (Lipinski definition) is 0. The van der Waals surface area contributed by atoms with Gasteiger partial charge in [-0.05, 0) is 25.0 Å². The Morgan fingerprint density at radius 1 is 1.14 bits per heavy atom. The van der Waals surface area contributed by atoms with E-state index in [-0.39, 0.29) is 0 Å². The van der Waals surface area contributed by atoms with Crippen molar-refractivity contribution in [2.75, 3.05) is 0 Å². The summed E-state index contributed by atoms with van der Waals surface area (Å²) in [7, 11) is 0. The average Bonchev–Trinajstić information content (AvgIpc) is 3.08. The van der Waals surface area contributed by atoms with Crippen LogP contribution in [-0.4, -0.2) is 19.8 Å². The summed E-state index contributed by atoms with van der Waals surface area (Å²) in [6.07, 6.45) is 6.47. The van der Waals surface area contributed by atoms with E-state index in [1.807, 2.05) is 28.8 Å². The van der Waals surface area contributed by atoms with Crippen LogP contribution in [0.3, 0.4) is 0 Å². The van der Waals surface area contributed by atoms with Crippen LogP contribution >= 0.6 is 22.9 Å². The summed E-state index contributed by atoms with van der Waals surface area (Å²) in [5.41, 5.74) is 0.954. The molecular formula is C15H15ClN4S. The minimum atomic E-state index is 0.595. The van der Waals surface area contributed by atoms with Crippen molar-refractivity contribution >= 4 is 27.9 Å². The van der Waals surface area contributed by atoms with Crippen LogP contribution in [0, 0.1) is 0 Å². The van der Waals surface area contributed by atoms with Gasteiger partial charge >= 0.3 is 0 Å². The highest BCUT2D eigenvalue weighted by Gasteiger charge is 2.21. The Morgan fingerprint density at radius 2 is 2.00 bits per heavy atom. The van der Waals surface area contributed by atoms with E-state index in [1.54, 1.807) is 11.3 Å². The Hall–Kier alpha value is -1.46. The number of halogens is 1. The highest BCUT2D eigenvalue weighted by Crippen LogP contribution is 2.35. The van der Waals surface area contributed by atoms with E-state index < -0.39 is 0 Å². The van der Waals surface area contributed by atoms with Crippen molar-refractivity contribution in [2.45, 2.75) is 38.0 Å². The van der Waals surface area contributed by atoms with Crippen molar-refractivity contribution < 1.29 is 0 Å². The Bertz CT molecular complexity index is 773. The molecule has 0 spiro atoms. The van der Waals surface area contributed by atoms with Gasteiger partial charge in [0.05, 0.1) is 0 Å². The molecule has 1 aliphatic carbocycles. The summed E-state index contributed by atoms with van der Waals surface area (Å²) < 4.78 is 1.86. The number of aromatic nitrogens is 4. The smallest absolute Gasteiger partial charge is 0.183 e. The highest BCUT2D eigenvalue weighted by atomic mass is 35.5. The maximum Gasteiger partial charge on any atom is 0.234 e. The van der Waals surface area contributed by atoms with Crippen LogP contribution in [0.5, 0.6) is 0 Å². The Balaban J connectivity index is 1.75. The molecule has 6 heteroatoms. The molecule has 0 bridgehead atoms. The molecule has 1 saturated carbocycles. The minimum Gasteiger partial charge on any atom is -0.183 e. The number of nitrogens with zero attached hydrogens (tertiary/aromatic N) is 4. The molecule has 4 nitrogen and oxygen atoms in total. The Kier molecular flexibility index (Phi) is 3.39. The van der Waals surface area contributed by atoms with Crippen LogP contribution in [0.2, 0.25) is 5.02 Å². The van der Waals surface area contributed by atoms with Crippen molar-refractivity contribution in [1.29, 1.82) is 0 Å². The van der Waals surface area contributed by atoms with Gasteiger partial charge in [0, 0.05) is 16.5 Å². The topological polar surface area (TPSA) is 43.1 Å². The summed E-state index contributed by atoms with van der Waals surface area (Å²) in [6, 6.07) is 7.67. The minimum absolute atomic E-state index is 0.595. The van der Waals surface area contributed by atoms with Gasteiger partial charge in [0.1, 0.15) is 5.01 Å². The molecule has 1 fully saturated rings. The summed E-state index contributed by atoms with van der Waals surface area (Å²) in [6.45, 7) is 0. The number of benzene rings is 1. The molecule has 1 aromatic carbocycles. The van der Waals surface area contributed by atoms with Crippen LogP contribution in [0.1, 0.15) is 43.0 Å². The third kappa shape index (κ3) is 2.45. The molecule has 3 aromatic rings.